The summed E-state index contributed by atoms with van der Waals surface area (Å²) in [4.78, 5) is 55.9. The highest BCUT2D eigenvalue weighted by Crippen LogP contribution is 2.56. The van der Waals surface area contributed by atoms with Crippen molar-refractivity contribution in [2.45, 2.75) is 25.3 Å². The number of methoxy groups -OCH3 is 1. The number of amides is 2. The summed E-state index contributed by atoms with van der Waals surface area (Å²) < 4.78 is 5.54. The number of hydrogen-bond acceptors (Lipinski definition) is 7. The van der Waals surface area contributed by atoms with E-state index in [1.165, 1.54) is 35.5 Å². The normalized spacial score (nSPS) is 27.0. The molecule has 2 aromatic rings. The average molecular weight is 580 g/mol. The molecule has 0 saturated carbocycles. The number of aromatic hydroxyl groups is 1. The third-order valence-corrected chi connectivity index (χ3v) is 9.31. The van der Waals surface area contributed by atoms with Gasteiger partial charge in [-0.2, -0.15) is 0 Å². The van der Waals surface area contributed by atoms with Gasteiger partial charge in [-0.05, 0) is 64.3 Å². The summed E-state index contributed by atoms with van der Waals surface area (Å²) in [5.41, 5.74) is 1.85. The predicted octanol–water partition coefficient (Wildman–Crippen LogP) is 4.42. The Morgan fingerprint density at radius 3 is 2.68 bits per heavy atom. The van der Waals surface area contributed by atoms with Gasteiger partial charge in [0.2, 0.25) is 11.8 Å². The lowest BCUT2D eigenvalue weighted by Gasteiger charge is -2.42. The Kier molecular flexibility index (Phi) is 5.80. The van der Waals surface area contributed by atoms with Crippen molar-refractivity contribution in [3.63, 3.8) is 0 Å². The van der Waals surface area contributed by atoms with Crippen LogP contribution in [0.1, 0.15) is 29.2 Å². The first-order valence-electron chi connectivity index (χ1n) is 11.9. The lowest BCUT2D eigenvalue weighted by molar-refractivity contribution is -0.140. The molecule has 1 N–H and O–H groups in total. The zero-order chi connectivity index (χ0) is 26.0. The van der Waals surface area contributed by atoms with Gasteiger partial charge in [-0.1, -0.05) is 17.7 Å². The topological polar surface area (TPSA) is 101 Å². The van der Waals surface area contributed by atoms with Crippen LogP contribution in [0.3, 0.4) is 0 Å². The standard InChI is InChI=1S/C28H22BrNO6S/c1-36-13-4-7-21(31)18(9-13)23-15-5-6-16-24(28(35)30(27(16)34)12-14-3-2-8-37-14)17(15)10-19-25(23)22(32)11-20(29)26(19)33/h2-5,7-9,11,16-17,23-24,31H,6,10,12H2,1H3/t16-,17+,23+,24-/m0/s1. The third kappa shape index (κ3) is 3.67. The second kappa shape index (κ2) is 8.92. The van der Waals surface area contributed by atoms with Crippen LogP contribution in [0, 0.1) is 17.8 Å². The molecule has 0 unspecified atom stereocenters. The van der Waals surface area contributed by atoms with Crippen molar-refractivity contribution < 1.29 is 29.0 Å². The molecule has 37 heavy (non-hydrogen) atoms. The quantitative estimate of drug-likeness (QED) is 0.327. The van der Waals surface area contributed by atoms with Crippen LogP contribution in [0.15, 0.2) is 69.1 Å². The number of Topliss-reactive ketones (excluding diaryl/α,β-unsaturated/α-hetero) is 1. The van der Waals surface area contributed by atoms with E-state index in [-0.39, 0.29) is 46.6 Å². The molecule has 188 valence electrons. The van der Waals surface area contributed by atoms with E-state index >= 15 is 0 Å². The predicted molar refractivity (Wildman–Crippen MR) is 139 cm³/mol. The van der Waals surface area contributed by atoms with Gasteiger partial charge in [-0.3, -0.25) is 24.1 Å². The Morgan fingerprint density at radius 1 is 1.14 bits per heavy atom. The minimum Gasteiger partial charge on any atom is -0.508 e. The maximum Gasteiger partial charge on any atom is 0.234 e. The van der Waals surface area contributed by atoms with Crippen molar-refractivity contribution in [1.29, 1.82) is 0 Å². The number of nitrogens with zero attached hydrogens (tertiary/aromatic N) is 1. The van der Waals surface area contributed by atoms with Gasteiger partial charge in [0.25, 0.3) is 0 Å². The van der Waals surface area contributed by atoms with Gasteiger partial charge in [0, 0.05) is 33.6 Å². The Hall–Kier alpha value is -3.30. The summed E-state index contributed by atoms with van der Waals surface area (Å²) in [5, 5.41) is 12.8. The number of likely N-dealkylation sites (tertiary alicyclic amines) is 1. The number of ketones is 2. The Labute approximate surface area is 225 Å². The Balaban J connectivity index is 1.48. The molecule has 2 heterocycles. The van der Waals surface area contributed by atoms with Gasteiger partial charge in [0.05, 0.1) is 30.0 Å². The maximum atomic E-state index is 13.7. The van der Waals surface area contributed by atoms with E-state index in [9.17, 15) is 24.3 Å². The molecular formula is C28H22BrNO6S. The average Bonchev–Trinajstić information content (AvgIpc) is 3.49. The molecule has 1 aliphatic heterocycles. The molecule has 9 heteroatoms. The van der Waals surface area contributed by atoms with Crippen LogP contribution in [-0.4, -0.2) is 40.5 Å². The Bertz CT molecular complexity index is 1470. The smallest absolute Gasteiger partial charge is 0.234 e. The van der Waals surface area contributed by atoms with Gasteiger partial charge in [-0.15, -0.1) is 11.3 Å². The first kappa shape index (κ1) is 24.1. The minimum absolute atomic E-state index is 0.0386. The molecule has 1 saturated heterocycles. The lowest BCUT2D eigenvalue weighted by atomic mass is 9.59. The molecule has 3 aliphatic carbocycles. The third-order valence-electron chi connectivity index (χ3n) is 7.86. The number of carbonyl (C=O) groups is 4. The number of rotatable bonds is 4. The molecule has 1 aromatic heterocycles. The van der Waals surface area contributed by atoms with E-state index < -0.39 is 23.7 Å². The number of allylic oxidation sites excluding steroid dienone is 6. The number of carbonyl (C=O) groups excluding carboxylic acids is 4. The molecule has 0 spiro atoms. The number of hydrogen-bond donors (Lipinski definition) is 1. The lowest BCUT2D eigenvalue weighted by Crippen LogP contribution is -2.39. The second-order valence-electron chi connectivity index (χ2n) is 9.66. The molecule has 7 nitrogen and oxygen atoms in total. The van der Waals surface area contributed by atoms with Crippen molar-refractivity contribution >= 4 is 50.6 Å². The number of thiophene rings is 1. The number of imide groups is 1. The van der Waals surface area contributed by atoms with Crippen molar-refractivity contribution in [2.75, 3.05) is 7.11 Å². The molecule has 4 atom stereocenters. The van der Waals surface area contributed by atoms with Crippen molar-refractivity contribution in [3.05, 3.63) is 79.5 Å². The molecule has 6 rings (SSSR count). The molecule has 0 radical (unpaired) electrons. The SMILES string of the molecule is COc1ccc(O)c([C@H]2C3=CC[C@@H]4C(=O)N(Cc5cccs5)C(=O)[C@@H]4[C@@H]3CC3=C2C(=O)C=C(Br)C3=O)c1. The highest BCUT2D eigenvalue weighted by molar-refractivity contribution is 9.12. The first-order chi connectivity index (χ1) is 17.8. The molecule has 1 fully saturated rings. The summed E-state index contributed by atoms with van der Waals surface area (Å²) in [5.74, 6) is -2.96. The fourth-order valence-corrected chi connectivity index (χ4v) is 7.37. The number of phenolic OH excluding ortho intramolecular Hbond substituents is 1. The van der Waals surface area contributed by atoms with Gasteiger partial charge in [0.1, 0.15) is 11.5 Å². The molecule has 0 bridgehead atoms. The molecule has 4 aliphatic rings. The van der Waals surface area contributed by atoms with Gasteiger partial charge >= 0.3 is 0 Å². The fourth-order valence-electron chi connectivity index (χ4n) is 6.23. The van der Waals surface area contributed by atoms with E-state index in [1.54, 1.807) is 12.1 Å². The Morgan fingerprint density at radius 2 is 1.95 bits per heavy atom. The summed E-state index contributed by atoms with van der Waals surface area (Å²) in [6.07, 6.45) is 3.74. The van der Waals surface area contributed by atoms with Gasteiger partial charge in [-0.25, -0.2) is 0 Å². The van der Waals surface area contributed by atoms with E-state index in [2.05, 4.69) is 15.9 Å². The largest absolute Gasteiger partial charge is 0.508 e. The summed E-state index contributed by atoms with van der Waals surface area (Å²) in [6, 6.07) is 8.56. The highest BCUT2D eigenvalue weighted by atomic mass is 79.9. The van der Waals surface area contributed by atoms with Gasteiger partial charge < -0.3 is 9.84 Å². The van der Waals surface area contributed by atoms with Crippen LogP contribution in [0.4, 0.5) is 0 Å². The van der Waals surface area contributed by atoms with E-state index in [0.29, 0.717) is 28.9 Å². The second-order valence-corrected chi connectivity index (χ2v) is 11.5. The molecular weight excluding hydrogens is 558 g/mol. The molecule has 1 aromatic carbocycles. The van der Waals surface area contributed by atoms with Crippen molar-refractivity contribution in [3.8, 4) is 11.5 Å². The van der Waals surface area contributed by atoms with Gasteiger partial charge in [0.15, 0.2) is 11.6 Å². The van der Waals surface area contributed by atoms with Crippen LogP contribution in [-0.2, 0) is 25.7 Å². The summed E-state index contributed by atoms with van der Waals surface area (Å²) >= 11 is 4.71. The molecule has 2 amide bonds. The highest BCUT2D eigenvalue weighted by Gasteiger charge is 2.56. The van der Waals surface area contributed by atoms with Crippen LogP contribution >= 0.6 is 27.3 Å². The van der Waals surface area contributed by atoms with E-state index in [4.69, 9.17) is 4.74 Å². The number of fused-ring (bicyclic) bond motifs is 3. The summed E-state index contributed by atoms with van der Waals surface area (Å²) in [7, 11) is 1.51. The number of phenols is 1. The van der Waals surface area contributed by atoms with Crippen molar-refractivity contribution in [2.24, 2.45) is 17.8 Å². The number of benzene rings is 1. The van der Waals surface area contributed by atoms with Crippen LogP contribution < -0.4 is 4.74 Å². The number of halogens is 1. The fraction of sp³-hybridized carbons (Fsp3) is 0.286. The van der Waals surface area contributed by atoms with E-state index in [0.717, 1.165) is 10.5 Å². The summed E-state index contributed by atoms with van der Waals surface area (Å²) in [6.45, 7) is 0.226. The monoisotopic (exact) mass is 579 g/mol. The van der Waals surface area contributed by atoms with Crippen LogP contribution in [0.2, 0.25) is 0 Å². The zero-order valence-electron chi connectivity index (χ0n) is 19.8. The van der Waals surface area contributed by atoms with E-state index in [1.807, 2.05) is 23.6 Å². The number of ether oxygens (including phenoxy) is 1. The minimum atomic E-state index is -0.729. The maximum absolute atomic E-state index is 13.7. The first-order valence-corrected chi connectivity index (χ1v) is 13.6. The van der Waals surface area contributed by atoms with Crippen molar-refractivity contribution in [1.82, 2.24) is 4.90 Å². The van der Waals surface area contributed by atoms with Crippen LogP contribution in [0.5, 0.6) is 11.5 Å². The zero-order valence-corrected chi connectivity index (χ0v) is 22.2. The van der Waals surface area contributed by atoms with Crippen LogP contribution in [0.25, 0.3) is 0 Å².